The zero-order chi connectivity index (χ0) is 9.97. The number of hydrogen-bond acceptors (Lipinski definition) is 2. The molecule has 1 aliphatic heterocycles. The van der Waals surface area contributed by atoms with Crippen molar-refractivity contribution < 1.29 is 4.79 Å². The third-order valence-electron chi connectivity index (χ3n) is 2.60. The van der Waals surface area contributed by atoms with Crippen LogP contribution in [0.4, 0.5) is 0 Å². The normalized spacial score (nSPS) is 21.5. The molecule has 0 unspecified atom stereocenters. The Balaban J connectivity index is 1.95. The van der Waals surface area contributed by atoms with Crippen molar-refractivity contribution in [2.45, 2.75) is 25.3 Å². The maximum absolute atomic E-state index is 11.8. The van der Waals surface area contributed by atoms with Gasteiger partial charge in [0.1, 0.15) is 0 Å². The van der Waals surface area contributed by atoms with Crippen molar-refractivity contribution in [2.75, 3.05) is 6.54 Å². The molecule has 2 heterocycles. The van der Waals surface area contributed by atoms with Crippen LogP contribution in [0.1, 0.15) is 17.7 Å². The van der Waals surface area contributed by atoms with Crippen molar-refractivity contribution in [3.05, 3.63) is 29.3 Å². The Morgan fingerprint density at radius 1 is 1.71 bits per heavy atom. The minimum absolute atomic E-state index is 0.197. The molecule has 1 aliphatic rings. The maximum Gasteiger partial charge on any atom is 0.228 e. The fourth-order valence-corrected chi connectivity index (χ4v) is 2.52. The maximum atomic E-state index is 11.8. The highest BCUT2D eigenvalue weighted by molar-refractivity contribution is 7.10. The summed E-state index contributed by atoms with van der Waals surface area (Å²) in [4.78, 5) is 14.9. The number of rotatable bonds is 2. The molecule has 3 heteroatoms. The van der Waals surface area contributed by atoms with Gasteiger partial charge in [-0.25, -0.2) is 0 Å². The smallest absolute Gasteiger partial charge is 0.228 e. The van der Waals surface area contributed by atoms with Crippen LogP contribution in [-0.2, 0) is 11.2 Å². The fourth-order valence-electron chi connectivity index (χ4n) is 1.83. The van der Waals surface area contributed by atoms with Crippen LogP contribution in [0.2, 0.25) is 0 Å². The second kappa shape index (κ2) is 4.13. The summed E-state index contributed by atoms with van der Waals surface area (Å²) < 4.78 is 0. The number of carbonyl (C=O) groups is 1. The summed E-state index contributed by atoms with van der Waals surface area (Å²) in [6.07, 6.45) is 2.70. The molecule has 0 saturated carbocycles. The van der Waals surface area contributed by atoms with Crippen LogP contribution in [0.25, 0.3) is 0 Å². The van der Waals surface area contributed by atoms with Crippen LogP contribution in [-0.4, -0.2) is 23.4 Å². The van der Waals surface area contributed by atoms with Gasteiger partial charge in [-0.2, -0.15) is 0 Å². The van der Waals surface area contributed by atoms with Gasteiger partial charge in [0.15, 0.2) is 0 Å². The van der Waals surface area contributed by atoms with Crippen molar-refractivity contribution in [3.63, 3.8) is 0 Å². The van der Waals surface area contributed by atoms with Gasteiger partial charge in [0.05, 0.1) is 6.42 Å². The molecule has 14 heavy (non-hydrogen) atoms. The first-order chi connectivity index (χ1) is 6.77. The molecular weight excluding hydrogens is 194 g/mol. The number of likely N-dealkylation sites (tertiary alicyclic amines) is 1. The van der Waals surface area contributed by atoms with Crippen LogP contribution >= 0.6 is 11.3 Å². The van der Waals surface area contributed by atoms with E-state index in [1.807, 2.05) is 22.4 Å². The highest BCUT2D eigenvalue weighted by Crippen LogP contribution is 2.18. The predicted molar refractivity (Wildman–Crippen MR) is 58.1 cm³/mol. The van der Waals surface area contributed by atoms with Crippen LogP contribution in [0.3, 0.4) is 0 Å². The molecule has 1 atom stereocenters. The van der Waals surface area contributed by atoms with Crippen molar-refractivity contribution in [2.24, 2.45) is 0 Å². The Morgan fingerprint density at radius 3 is 3.14 bits per heavy atom. The monoisotopic (exact) mass is 208 g/mol. The van der Waals surface area contributed by atoms with E-state index in [2.05, 4.69) is 6.92 Å². The lowest BCUT2D eigenvalue weighted by atomic mass is 10.2. The van der Waals surface area contributed by atoms with Gasteiger partial charge in [-0.3, -0.25) is 4.79 Å². The Morgan fingerprint density at radius 2 is 2.57 bits per heavy atom. The van der Waals surface area contributed by atoms with Crippen molar-refractivity contribution in [1.29, 1.82) is 0 Å². The minimum atomic E-state index is 0.197. The molecule has 1 saturated heterocycles. The second-order valence-electron chi connectivity index (χ2n) is 3.64. The third-order valence-corrected chi connectivity index (χ3v) is 3.48. The van der Waals surface area contributed by atoms with Gasteiger partial charge in [-0.05, 0) is 31.2 Å². The predicted octanol–water partition coefficient (Wildman–Crippen LogP) is 2.12. The SMILES string of the molecule is [CH2][C@@H]1CCCN1C(=O)Cc1cccs1. The molecule has 0 spiro atoms. The molecule has 2 rings (SSSR count). The van der Waals surface area contributed by atoms with E-state index in [1.54, 1.807) is 11.3 Å². The lowest BCUT2D eigenvalue weighted by Gasteiger charge is -2.20. The minimum Gasteiger partial charge on any atom is -0.339 e. The number of nitrogens with zero attached hydrogens (tertiary/aromatic N) is 1. The molecule has 1 amide bonds. The van der Waals surface area contributed by atoms with Gasteiger partial charge in [0, 0.05) is 17.5 Å². The lowest BCUT2D eigenvalue weighted by Crippen LogP contribution is -2.34. The van der Waals surface area contributed by atoms with Gasteiger partial charge in [0.2, 0.25) is 5.91 Å². The van der Waals surface area contributed by atoms with Crippen LogP contribution in [0, 0.1) is 6.92 Å². The van der Waals surface area contributed by atoms with Gasteiger partial charge in [0.25, 0.3) is 0 Å². The summed E-state index contributed by atoms with van der Waals surface area (Å²) >= 11 is 1.64. The van der Waals surface area contributed by atoms with E-state index >= 15 is 0 Å². The highest BCUT2D eigenvalue weighted by Gasteiger charge is 2.24. The molecule has 1 aromatic rings. The van der Waals surface area contributed by atoms with E-state index in [0.717, 1.165) is 24.3 Å². The van der Waals surface area contributed by atoms with Gasteiger partial charge >= 0.3 is 0 Å². The van der Waals surface area contributed by atoms with Gasteiger partial charge in [-0.15, -0.1) is 11.3 Å². The fraction of sp³-hybridized carbons (Fsp3) is 0.455. The Labute approximate surface area is 88.5 Å². The van der Waals surface area contributed by atoms with E-state index in [4.69, 9.17) is 0 Å². The first-order valence-corrected chi connectivity index (χ1v) is 5.80. The Hall–Kier alpha value is -0.830. The summed E-state index contributed by atoms with van der Waals surface area (Å²) in [6.45, 7) is 4.87. The van der Waals surface area contributed by atoms with E-state index < -0.39 is 0 Å². The van der Waals surface area contributed by atoms with Crippen molar-refractivity contribution >= 4 is 17.2 Å². The number of thiophene rings is 1. The molecule has 1 aromatic heterocycles. The highest BCUT2D eigenvalue weighted by atomic mass is 32.1. The summed E-state index contributed by atoms with van der Waals surface area (Å²) in [6, 6.07) is 4.19. The molecular formula is C11H14NOS. The molecule has 0 bridgehead atoms. The zero-order valence-electron chi connectivity index (χ0n) is 8.11. The van der Waals surface area contributed by atoms with Gasteiger partial charge in [-0.1, -0.05) is 6.07 Å². The van der Waals surface area contributed by atoms with Crippen molar-refractivity contribution in [3.8, 4) is 0 Å². The third kappa shape index (κ3) is 1.98. The second-order valence-corrected chi connectivity index (χ2v) is 4.67. The van der Waals surface area contributed by atoms with Crippen LogP contribution < -0.4 is 0 Å². The van der Waals surface area contributed by atoms with Crippen molar-refractivity contribution in [1.82, 2.24) is 4.90 Å². The molecule has 0 aliphatic carbocycles. The van der Waals surface area contributed by atoms with Crippen LogP contribution in [0.5, 0.6) is 0 Å². The van der Waals surface area contributed by atoms with Gasteiger partial charge < -0.3 is 4.90 Å². The lowest BCUT2D eigenvalue weighted by molar-refractivity contribution is -0.130. The number of amides is 1. The molecule has 1 fully saturated rings. The molecule has 1 radical (unpaired) electrons. The first-order valence-electron chi connectivity index (χ1n) is 4.92. The summed E-state index contributed by atoms with van der Waals surface area (Å²) in [7, 11) is 0. The van der Waals surface area contributed by atoms with E-state index in [1.165, 1.54) is 0 Å². The first kappa shape index (κ1) is 9.71. The molecule has 75 valence electrons. The van der Waals surface area contributed by atoms with E-state index in [-0.39, 0.29) is 11.9 Å². The molecule has 0 N–H and O–H groups in total. The largest absolute Gasteiger partial charge is 0.339 e. The summed E-state index contributed by atoms with van der Waals surface area (Å²) in [5, 5.41) is 2.01. The molecule has 2 nitrogen and oxygen atoms in total. The Bertz CT molecular complexity index is 307. The van der Waals surface area contributed by atoms with E-state index in [9.17, 15) is 4.79 Å². The number of carbonyl (C=O) groups excluding carboxylic acids is 1. The zero-order valence-corrected chi connectivity index (χ0v) is 8.93. The standard InChI is InChI=1S/C11H14NOS/c1-9-4-2-6-12(9)11(13)8-10-5-3-7-14-10/h3,5,7,9H,1-2,4,6,8H2/t9-/m1/s1. The Kier molecular flexibility index (Phi) is 2.87. The van der Waals surface area contributed by atoms with E-state index in [0.29, 0.717) is 6.42 Å². The average Bonchev–Trinajstić information content (AvgIpc) is 2.75. The summed E-state index contributed by atoms with van der Waals surface area (Å²) in [5.74, 6) is 0.227. The topological polar surface area (TPSA) is 20.3 Å². The summed E-state index contributed by atoms with van der Waals surface area (Å²) in [5.41, 5.74) is 0. The average molecular weight is 208 g/mol. The van der Waals surface area contributed by atoms with Crippen LogP contribution in [0.15, 0.2) is 17.5 Å². The quantitative estimate of drug-likeness (QED) is 0.729. The molecule has 0 aromatic carbocycles. The number of hydrogen-bond donors (Lipinski definition) is 0.